The highest BCUT2D eigenvalue weighted by atomic mass is 16.5. The van der Waals surface area contributed by atoms with E-state index >= 15 is 0 Å². The van der Waals surface area contributed by atoms with E-state index in [1.807, 2.05) is 12.1 Å². The quantitative estimate of drug-likeness (QED) is 0.642. The third-order valence-corrected chi connectivity index (χ3v) is 6.11. The molecule has 9 heteroatoms. The summed E-state index contributed by atoms with van der Waals surface area (Å²) in [5.41, 5.74) is 0.287. The number of benzene rings is 1. The molecule has 2 N–H and O–H groups in total. The molecule has 2 fully saturated rings. The number of H-pyrrole nitrogens is 1. The van der Waals surface area contributed by atoms with Crippen molar-refractivity contribution in [2.45, 2.75) is 18.9 Å². The first-order chi connectivity index (χ1) is 15.7. The lowest BCUT2D eigenvalue weighted by Gasteiger charge is -2.34. The molecule has 1 atom stereocenters. The number of aromatic nitrogens is 3. The monoisotopic (exact) mass is 434 g/mol. The van der Waals surface area contributed by atoms with Crippen molar-refractivity contribution >= 4 is 28.3 Å². The lowest BCUT2D eigenvalue weighted by molar-refractivity contribution is 0.0934. The summed E-state index contributed by atoms with van der Waals surface area (Å²) in [5.74, 6) is 1.60. The van der Waals surface area contributed by atoms with Gasteiger partial charge in [-0.2, -0.15) is 0 Å². The molecule has 1 aromatic carbocycles. The summed E-state index contributed by atoms with van der Waals surface area (Å²) in [4.78, 5) is 41.1. The van der Waals surface area contributed by atoms with Gasteiger partial charge in [-0.15, -0.1) is 0 Å². The van der Waals surface area contributed by atoms with E-state index in [1.165, 1.54) is 6.20 Å². The second kappa shape index (κ2) is 8.96. The summed E-state index contributed by atoms with van der Waals surface area (Å²) >= 11 is 0. The molecule has 2 aliphatic rings. The van der Waals surface area contributed by atoms with Crippen molar-refractivity contribution in [3.8, 4) is 0 Å². The van der Waals surface area contributed by atoms with E-state index in [9.17, 15) is 9.59 Å². The fraction of sp³-hybridized carbons (Fsp3) is 0.391. The van der Waals surface area contributed by atoms with E-state index < -0.39 is 0 Å². The Bertz CT molecular complexity index is 1170. The van der Waals surface area contributed by atoms with Crippen LogP contribution in [0.2, 0.25) is 0 Å². The van der Waals surface area contributed by atoms with Gasteiger partial charge in [-0.1, -0.05) is 18.2 Å². The van der Waals surface area contributed by atoms with Crippen LogP contribution in [0.4, 0.5) is 11.6 Å². The first-order valence-electron chi connectivity index (χ1n) is 11.0. The topological polar surface area (TPSA) is 103 Å². The van der Waals surface area contributed by atoms with Crippen LogP contribution in [0.15, 0.2) is 47.7 Å². The van der Waals surface area contributed by atoms with Crippen LogP contribution in [0.3, 0.4) is 0 Å². The molecule has 9 nitrogen and oxygen atoms in total. The molecule has 32 heavy (non-hydrogen) atoms. The Kier molecular flexibility index (Phi) is 5.72. The Hall–Kier alpha value is -3.46. The fourth-order valence-corrected chi connectivity index (χ4v) is 4.44. The van der Waals surface area contributed by atoms with Crippen LogP contribution < -0.4 is 20.7 Å². The Labute approximate surface area is 185 Å². The third kappa shape index (κ3) is 4.16. The number of hydrogen-bond donors (Lipinski definition) is 2. The average Bonchev–Trinajstić information content (AvgIpc) is 2.85. The van der Waals surface area contributed by atoms with Crippen molar-refractivity contribution in [2.24, 2.45) is 0 Å². The van der Waals surface area contributed by atoms with Gasteiger partial charge in [0.15, 0.2) is 0 Å². The predicted octanol–water partition coefficient (Wildman–Crippen LogP) is 1.55. The number of pyridine rings is 1. The number of aromatic amines is 1. The molecule has 2 aliphatic heterocycles. The molecular weight excluding hydrogens is 408 g/mol. The molecule has 0 bridgehead atoms. The highest BCUT2D eigenvalue weighted by Crippen LogP contribution is 2.22. The number of ether oxygens (including phenoxy) is 1. The summed E-state index contributed by atoms with van der Waals surface area (Å²) in [5, 5.41) is 4.33. The van der Waals surface area contributed by atoms with E-state index in [-0.39, 0.29) is 17.5 Å². The molecule has 0 aliphatic carbocycles. The summed E-state index contributed by atoms with van der Waals surface area (Å²) in [7, 11) is 0. The van der Waals surface area contributed by atoms with Crippen LogP contribution in [-0.4, -0.2) is 66.3 Å². The summed E-state index contributed by atoms with van der Waals surface area (Å²) in [6, 6.07) is 9.18. The highest BCUT2D eigenvalue weighted by Gasteiger charge is 2.24. The number of carbonyl (C=O) groups excluding carboxylic acids is 1. The number of piperidine rings is 1. The van der Waals surface area contributed by atoms with Crippen molar-refractivity contribution in [1.82, 2.24) is 20.3 Å². The Morgan fingerprint density at radius 3 is 2.62 bits per heavy atom. The Balaban J connectivity index is 1.30. The lowest BCUT2D eigenvalue weighted by atomic mass is 10.0. The van der Waals surface area contributed by atoms with Gasteiger partial charge in [0.1, 0.15) is 18.0 Å². The number of amides is 1. The van der Waals surface area contributed by atoms with Gasteiger partial charge in [0, 0.05) is 55.3 Å². The maximum Gasteiger partial charge on any atom is 0.255 e. The van der Waals surface area contributed by atoms with Crippen molar-refractivity contribution in [3.05, 3.63) is 58.8 Å². The maximum atomic E-state index is 13.0. The molecule has 0 spiro atoms. The molecular formula is C23H26N6O3. The second-order valence-electron chi connectivity index (χ2n) is 8.17. The van der Waals surface area contributed by atoms with Gasteiger partial charge >= 0.3 is 0 Å². The van der Waals surface area contributed by atoms with Crippen LogP contribution >= 0.6 is 0 Å². The maximum absolute atomic E-state index is 13.0. The number of morpholine rings is 1. The average molecular weight is 435 g/mol. The van der Waals surface area contributed by atoms with E-state index in [1.54, 1.807) is 24.5 Å². The van der Waals surface area contributed by atoms with Crippen LogP contribution in [-0.2, 0) is 4.74 Å². The SMILES string of the molecule is O=C(NC1CCCN(c2cc(N3CCOCC3)ncn2)C1)c1c[nH]c(=O)c2ccccc12. The van der Waals surface area contributed by atoms with E-state index in [0.29, 0.717) is 36.1 Å². The number of rotatable bonds is 4. The summed E-state index contributed by atoms with van der Waals surface area (Å²) < 4.78 is 5.43. The Morgan fingerprint density at radius 2 is 1.81 bits per heavy atom. The number of nitrogens with one attached hydrogen (secondary N) is 2. The minimum atomic E-state index is -0.194. The van der Waals surface area contributed by atoms with E-state index in [2.05, 4.69) is 30.1 Å². The van der Waals surface area contributed by atoms with Gasteiger partial charge in [0.2, 0.25) is 0 Å². The summed E-state index contributed by atoms with van der Waals surface area (Å²) in [6.07, 6.45) is 4.95. The molecule has 4 heterocycles. The first kappa shape index (κ1) is 20.4. The van der Waals surface area contributed by atoms with Gasteiger partial charge < -0.3 is 24.8 Å². The molecule has 2 saturated heterocycles. The lowest BCUT2D eigenvalue weighted by Crippen LogP contribution is -2.48. The van der Waals surface area contributed by atoms with Gasteiger partial charge in [0.25, 0.3) is 11.5 Å². The molecule has 2 aromatic heterocycles. The number of anilines is 2. The first-order valence-corrected chi connectivity index (χ1v) is 11.0. The predicted molar refractivity (Wildman–Crippen MR) is 122 cm³/mol. The molecule has 166 valence electrons. The number of carbonyl (C=O) groups is 1. The van der Waals surface area contributed by atoms with E-state index in [4.69, 9.17) is 4.74 Å². The zero-order chi connectivity index (χ0) is 21.9. The molecule has 5 rings (SSSR count). The highest BCUT2D eigenvalue weighted by molar-refractivity contribution is 6.06. The zero-order valence-electron chi connectivity index (χ0n) is 17.8. The van der Waals surface area contributed by atoms with Gasteiger partial charge in [-0.05, 0) is 18.9 Å². The number of fused-ring (bicyclic) bond motifs is 1. The smallest absolute Gasteiger partial charge is 0.255 e. The second-order valence-corrected chi connectivity index (χ2v) is 8.17. The fourth-order valence-electron chi connectivity index (χ4n) is 4.44. The van der Waals surface area contributed by atoms with Crippen LogP contribution in [0, 0.1) is 0 Å². The number of hydrogen-bond acceptors (Lipinski definition) is 7. The largest absolute Gasteiger partial charge is 0.378 e. The standard InChI is InChI=1S/C23H26N6O3/c30-22-18-6-2-1-5-17(18)19(13-24-22)23(31)27-16-4-3-7-29(14-16)21-12-20(25-15-26-21)28-8-10-32-11-9-28/h1-2,5-6,12-13,15-16H,3-4,7-11,14H2,(H,24,30)(H,27,31). The van der Waals surface area contributed by atoms with Crippen molar-refractivity contribution in [1.29, 1.82) is 0 Å². The molecule has 3 aromatic rings. The van der Waals surface area contributed by atoms with E-state index in [0.717, 1.165) is 44.1 Å². The molecule has 0 saturated carbocycles. The summed E-state index contributed by atoms with van der Waals surface area (Å²) in [6.45, 7) is 4.61. The molecule has 1 amide bonds. The Morgan fingerprint density at radius 1 is 1.06 bits per heavy atom. The minimum Gasteiger partial charge on any atom is -0.378 e. The van der Waals surface area contributed by atoms with Crippen molar-refractivity contribution in [3.63, 3.8) is 0 Å². The zero-order valence-corrected chi connectivity index (χ0v) is 17.8. The normalized spacial score (nSPS) is 19.2. The van der Waals surface area contributed by atoms with Crippen molar-refractivity contribution in [2.75, 3.05) is 49.2 Å². The molecule has 0 radical (unpaired) electrons. The van der Waals surface area contributed by atoms with Gasteiger partial charge in [-0.3, -0.25) is 9.59 Å². The minimum absolute atomic E-state index is 0.0104. The van der Waals surface area contributed by atoms with Gasteiger partial charge in [-0.25, -0.2) is 9.97 Å². The van der Waals surface area contributed by atoms with Gasteiger partial charge in [0.05, 0.1) is 18.8 Å². The van der Waals surface area contributed by atoms with Crippen LogP contribution in [0.1, 0.15) is 23.2 Å². The number of nitrogens with zero attached hydrogens (tertiary/aromatic N) is 4. The van der Waals surface area contributed by atoms with Crippen molar-refractivity contribution < 1.29 is 9.53 Å². The van der Waals surface area contributed by atoms with Crippen LogP contribution in [0.25, 0.3) is 10.8 Å². The third-order valence-electron chi connectivity index (χ3n) is 6.11. The van der Waals surface area contributed by atoms with Crippen LogP contribution in [0.5, 0.6) is 0 Å². The molecule has 1 unspecified atom stereocenters.